The highest BCUT2D eigenvalue weighted by Crippen LogP contribution is 2.16. The van der Waals surface area contributed by atoms with Crippen LogP contribution in [0.3, 0.4) is 0 Å². The van der Waals surface area contributed by atoms with Crippen LogP contribution in [-0.4, -0.2) is 37.7 Å². The third-order valence-corrected chi connectivity index (χ3v) is 3.63. The van der Waals surface area contributed by atoms with Crippen LogP contribution in [0.25, 0.3) is 0 Å². The molecule has 1 saturated heterocycles. The maximum absolute atomic E-state index is 5.46. The van der Waals surface area contributed by atoms with E-state index in [0.717, 1.165) is 39.3 Å². The maximum Gasteiger partial charge on any atom is 0.0622 e. The summed E-state index contributed by atoms with van der Waals surface area (Å²) in [5.41, 5.74) is 2.83. The lowest BCUT2D eigenvalue weighted by atomic mass is 10.1. The maximum atomic E-state index is 5.46. The molecule has 1 aliphatic rings. The van der Waals surface area contributed by atoms with E-state index in [-0.39, 0.29) is 0 Å². The van der Waals surface area contributed by atoms with Gasteiger partial charge in [-0.15, -0.1) is 0 Å². The van der Waals surface area contributed by atoms with Crippen molar-refractivity contribution in [2.24, 2.45) is 0 Å². The lowest BCUT2D eigenvalue weighted by Gasteiger charge is -2.24. The second kappa shape index (κ2) is 6.88. The summed E-state index contributed by atoms with van der Waals surface area (Å²) in [6.07, 6.45) is 1.16. The molecule has 1 heterocycles. The zero-order chi connectivity index (χ0) is 12.8. The third-order valence-electron chi connectivity index (χ3n) is 3.63. The summed E-state index contributed by atoms with van der Waals surface area (Å²) in [5.74, 6) is 0. The summed E-state index contributed by atoms with van der Waals surface area (Å²) in [5, 5.41) is 3.40. The van der Waals surface area contributed by atoms with Gasteiger partial charge in [0.1, 0.15) is 0 Å². The van der Waals surface area contributed by atoms with E-state index < -0.39 is 0 Å². The van der Waals surface area contributed by atoms with Gasteiger partial charge < -0.3 is 10.1 Å². The number of ether oxygens (including phenoxy) is 1. The van der Waals surface area contributed by atoms with Gasteiger partial charge >= 0.3 is 0 Å². The molecule has 0 spiro atoms. The molecule has 0 amide bonds. The highest BCUT2D eigenvalue weighted by atomic mass is 16.5. The van der Waals surface area contributed by atoms with E-state index in [4.69, 9.17) is 4.74 Å². The Bertz CT molecular complexity index is 361. The lowest BCUT2D eigenvalue weighted by molar-refractivity contribution is 0.156. The van der Waals surface area contributed by atoms with Crippen LogP contribution in [0, 0.1) is 0 Å². The Kier molecular flexibility index (Phi) is 5.17. The van der Waals surface area contributed by atoms with Crippen molar-refractivity contribution < 1.29 is 4.74 Å². The number of nitrogens with one attached hydrogen (secondary N) is 1. The number of rotatable bonds is 6. The van der Waals surface area contributed by atoms with Gasteiger partial charge in [-0.3, -0.25) is 4.90 Å². The van der Waals surface area contributed by atoms with E-state index in [9.17, 15) is 0 Å². The van der Waals surface area contributed by atoms with E-state index in [1.807, 2.05) is 0 Å². The van der Waals surface area contributed by atoms with E-state index >= 15 is 0 Å². The molecule has 3 nitrogen and oxygen atoms in total. The average molecular weight is 248 g/mol. The van der Waals surface area contributed by atoms with Gasteiger partial charge in [-0.25, -0.2) is 0 Å². The molecule has 1 fully saturated rings. The van der Waals surface area contributed by atoms with Crippen LogP contribution in [-0.2, 0) is 17.8 Å². The van der Waals surface area contributed by atoms with Crippen molar-refractivity contribution in [2.45, 2.75) is 32.5 Å². The molecular weight excluding hydrogens is 224 g/mol. The SMILES string of the molecule is CCNCc1ccccc1CN(C)C1CCOC1. The summed E-state index contributed by atoms with van der Waals surface area (Å²) < 4.78 is 5.46. The summed E-state index contributed by atoms with van der Waals surface area (Å²) in [6.45, 7) is 6.92. The second-order valence-electron chi connectivity index (χ2n) is 4.98. The van der Waals surface area contributed by atoms with Crippen LogP contribution in [0.4, 0.5) is 0 Å². The molecule has 1 aromatic rings. The molecule has 0 bridgehead atoms. The van der Waals surface area contributed by atoms with Crippen molar-refractivity contribution in [1.82, 2.24) is 10.2 Å². The third kappa shape index (κ3) is 3.55. The molecule has 1 aliphatic heterocycles. The highest BCUT2D eigenvalue weighted by molar-refractivity contribution is 5.27. The Hall–Kier alpha value is -0.900. The largest absolute Gasteiger partial charge is 0.380 e. The quantitative estimate of drug-likeness (QED) is 0.833. The van der Waals surface area contributed by atoms with Gasteiger partial charge in [0.15, 0.2) is 0 Å². The zero-order valence-corrected chi connectivity index (χ0v) is 11.5. The summed E-state index contributed by atoms with van der Waals surface area (Å²) >= 11 is 0. The van der Waals surface area contributed by atoms with Crippen molar-refractivity contribution in [3.8, 4) is 0 Å². The van der Waals surface area contributed by atoms with Crippen molar-refractivity contribution in [3.05, 3.63) is 35.4 Å². The molecule has 3 heteroatoms. The first-order chi connectivity index (χ1) is 8.81. The Morgan fingerprint density at radius 2 is 2.11 bits per heavy atom. The summed E-state index contributed by atoms with van der Waals surface area (Å²) in [4.78, 5) is 2.41. The number of likely N-dealkylation sites (N-methyl/N-ethyl adjacent to an activating group) is 1. The first-order valence-electron chi connectivity index (χ1n) is 6.86. The monoisotopic (exact) mass is 248 g/mol. The van der Waals surface area contributed by atoms with Gasteiger partial charge in [0.25, 0.3) is 0 Å². The molecule has 1 atom stereocenters. The van der Waals surface area contributed by atoms with Crippen LogP contribution in [0.5, 0.6) is 0 Å². The molecule has 2 rings (SSSR count). The van der Waals surface area contributed by atoms with E-state index in [1.165, 1.54) is 11.1 Å². The summed E-state index contributed by atoms with van der Waals surface area (Å²) in [7, 11) is 2.20. The fourth-order valence-electron chi connectivity index (χ4n) is 2.41. The molecule has 0 radical (unpaired) electrons. The zero-order valence-electron chi connectivity index (χ0n) is 11.5. The van der Waals surface area contributed by atoms with Gasteiger partial charge in [-0.05, 0) is 31.1 Å². The van der Waals surface area contributed by atoms with Crippen LogP contribution in [0.1, 0.15) is 24.5 Å². The van der Waals surface area contributed by atoms with Crippen LogP contribution in [0.2, 0.25) is 0 Å². The minimum absolute atomic E-state index is 0.581. The van der Waals surface area contributed by atoms with Gasteiger partial charge in [0, 0.05) is 25.7 Å². The van der Waals surface area contributed by atoms with Gasteiger partial charge in [0.2, 0.25) is 0 Å². The molecule has 0 saturated carbocycles. The first-order valence-corrected chi connectivity index (χ1v) is 6.86. The standard InChI is InChI=1S/C15H24N2O/c1-3-16-10-13-6-4-5-7-14(13)11-17(2)15-8-9-18-12-15/h4-7,15-16H,3,8-12H2,1-2H3. The smallest absolute Gasteiger partial charge is 0.0622 e. The number of hydrogen-bond donors (Lipinski definition) is 1. The Labute approximate surface area is 110 Å². The second-order valence-corrected chi connectivity index (χ2v) is 4.98. The molecule has 0 aromatic heterocycles. The number of hydrogen-bond acceptors (Lipinski definition) is 3. The molecule has 18 heavy (non-hydrogen) atoms. The number of nitrogens with zero attached hydrogens (tertiary/aromatic N) is 1. The lowest BCUT2D eigenvalue weighted by Crippen LogP contribution is -2.31. The molecule has 0 aliphatic carbocycles. The van der Waals surface area contributed by atoms with Crippen LogP contribution in [0.15, 0.2) is 24.3 Å². The fraction of sp³-hybridized carbons (Fsp3) is 0.600. The predicted molar refractivity (Wildman–Crippen MR) is 74.5 cm³/mol. The normalized spacial score (nSPS) is 19.6. The Balaban J connectivity index is 1.98. The van der Waals surface area contributed by atoms with Gasteiger partial charge in [-0.1, -0.05) is 31.2 Å². The van der Waals surface area contributed by atoms with Crippen molar-refractivity contribution >= 4 is 0 Å². The van der Waals surface area contributed by atoms with Gasteiger partial charge in [-0.2, -0.15) is 0 Å². The Morgan fingerprint density at radius 1 is 1.33 bits per heavy atom. The minimum Gasteiger partial charge on any atom is -0.380 e. The highest BCUT2D eigenvalue weighted by Gasteiger charge is 2.20. The van der Waals surface area contributed by atoms with Crippen LogP contribution < -0.4 is 5.32 Å². The van der Waals surface area contributed by atoms with Gasteiger partial charge in [0.05, 0.1) is 6.61 Å². The average Bonchev–Trinajstić information content (AvgIpc) is 2.91. The molecule has 1 N–H and O–H groups in total. The molecule has 1 aromatic carbocycles. The predicted octanol–water partition coefficient (Wildman–Crippen LogP) is 2.02. The number of benzene rings is 1. The van der Waals surface area contributed by atoms with Crippen molar-refractivity contribution in [3.63, 3.8) is 0 Å². The molecule has 1 unspecified atom stereocenters. The van der Waals surface area contributed by atoms with E-state index in [1.54, 1.807) is 0 Å². The van der Waals surface area contributed by atoms with Crippen molar-refractivity contribution in [2.75, 3.05) is 26.8 Å². The molecule has 100 valence electrons. The fourth-order valence-corrected chi connectivity index (χ4v) is 2.41. The van der Waals surface area contributed by atoms with Crippen molar-refractivity contribution in [1.29, 1.82) is 0 Å². The topological polar surface area (TPSA) is 24.5 Å². The first kappa shape index (κ1) is 13.5. The van der Waals surface area contributed by atoms with E-state index in [0.29, 0.717) is 6.04 Å². The van der Waals surface area contributed by atoms with E-state index in [2.05, 4.69) is 48.5 Å². The van der Waals surface area contributed by atoms with Crippen LogP contribution >= 0.6 is 0 Å². The molecular formula is C15H24N2O. The minimum atomic E-state index is 0.581. The Morgan fingerprint density at radius 3 is 2.78 bits per heavy atom. The summed E-state index contributed by atoms with van der Waals surface area (Å²) in [6, 6.07) is 9.28.